The molecular formula is C8H13ClN4O2. The topological polar surface area (TPSA) is 89.3 Å². The molecule has 1 amide bonds. The van der Waals surface area contributed by atoms with Gasteiger partial charge in [-0.3, -0.25) is 10.4 Å². The molecule has 0 bridgehead atoms. The molecule has 6 nitrogen and oxygen atoms in total. The second-order valence-corrected chi connectivity index (χ2v) is 2.43. The molecule has 0 radical (unpaired) electrons. The van der Waals surface area contributed by atoms with Gasteiger partial charge in [0, 0.05) is 6.20 Å². The van der Waals surface area contributed by atoms with Crippen LogP contribution in [0, 0.1) is 0 Å². The Morgan fingerprint density at radius 1 is 1.67 bits per heavy atom. The third-order valence-electron chi connectivity index (χ3n) is 1.43. The lowest BCUT2D eigenvalue weighted by Crippen LogP contribution is -2.30. The van der Waals surface area contributed by atoms with Crippen molar-refractivity contribution in [3.8, 4) is 0 Å². The molecule has 1 rings (SSSR count). The first-order valence-electron chi connectivity index (χ1n) is 4.12. The number of pyridine rings is 1. The van der Waals surface area contributed by atoms with Gasteiger partial charge in [0.25, 0.3) is 0 Å². The number of nitrogens with one attached hydrogen (secondary N) is 2. The van der Waals surface area contributed by atoms with Gasteiger partial charge in [0.1, 0.15) is 0 Å². The zero-order chi connectivity index (χ0) is 10.4. The number of ether oxygens (including phenoxy) is 1. The minimum atomic E-state index is -0.552. The van der Waals surface area contributed by atoms with E-state index in [9.17, 15) is 4.79 Å². The van der Waals surface area contributed by atoms with Crippen molar-refractivity contribution in [2.45, 2.75) is 6.92 Å². The van der Waals surface area contributed by atoms with E-state index in [1.165, 1.54) is 6.20 Å². The highest BCUT2D eigenvalue weighted by Gasteiger charge is 2.00. The maximum absolute atomic E-state index is 10.9. The monoisotopic (exact) mass is 232 g/mol. The van der Waals surface area contributed by atoms with E-state index >= 15 is 0 Å². The summed E-state index contributed by atoms with van der Waals surface area (Å²) in [5.74, 6) is 0. The summed E-state index contributed by atoms with van der Waals surface area (Å²) in [6, 6.07) is 1.64. The molecule has 0 aromatic carbocycles. The first kappa shape index (κ1) is 13.3. The van der Waals surface area contributed by atoms with Gasteiger partial charge >= 0.3 is 6.09 Å². The second kappa shape index (κ2) is 6.72. The standard InChI is InChI=1S/C8H12N4O2.ClH/c1-2-14-8(13)12-11-7-3-4-10-5-6(7)9;/h3-5H,2,9H2,1H3,(H,10,11)(H,12,13);1H. The van der Waals surface area contributed by atoms with Gasteiger partial charge in [0.05, 0.1) is 24.2 Å². The van der Waals surface area contributed by atoms with Crippen LogP contribution in [-0.4, -0.2) is 17.7 Å². The van der Waals surface area contributed by atoms with Crippen molar-refractivity contribution in [1.29, 1.82) is 0 Å². The van der Waals surface area contributed by atoms with Crippen molar-refractivity contribution in [2.24, 2.45) is 0 Å². The van der Waals surface area contributed by atoms with Gasteiger partial charge in [-0.2, -0.15) is 0 Å². The Kier molecular flexibility index (Phi) is 5.96. The summed E-state index contributed by atoms with van der Waals surface area (Å²) in [6.07, 6.45) is 2.49. The van der Waals surface area contributed by atoms with E-state index in [0.29, 0.717) is 18.0 Å². The summed E-state index contributed by atoms with van der Waals surface area (Å²) >= 11 is 0. The Morgan fingerprint density at radius 3 is 3.00 bits per heavy atom. The number of hydrogen-bond acceptors (Lipinski definition) is 5. The first-order chi connectivity index (χ1) is 6.74. The van der Waals surface area contributed by atoms with E-state index in [4.69, 9.17) is 5.73 Å². The van der Waals surface area contributed by atoms with Crippen molar-refractivity contribution in [3.05, 3.63) is 18.5 Å². The smallest absolute Gasteiger partial charge is 0.425 e. The SMILES string of the molecule is CCOC(=O)NNc1ccncc1N.Cl. The fraction of sp³-hybridized carbons (Fsp3) is 0.250. The number of carbonyl (C=O) groups excluding carboxylic acids is 1. The Morgan fingerprint density at radius 2 is 2.40 bits per heavy atom. The fourth-order valence-electron chi connectivity index (χ4n) is 0.806. The molecule has 1 aromatic heterocycles. The van der Waals surface area contributed by atoms with Crippen LogP contribution < -0.4 is 16.6 Å². The Labute approximate surface area is 93.6 Å². The highest BCUT2D eigenvalue weighted by atomic mass is 35.5. The molecule has 84 valence electrons. The van der Waals surface area contributed by atoms with Crippen LogP contribution in [-0.2, 0) is 4.74 Å². The molecule has 0 aliphatic heterocycles. The molecule has 7 heteroatoms. The Bertz CT molecular complexity index is 321. The van der Waals surface area contributed by atoms with E-state index in [1.54, 1.807) is 19.2 Å². The third-order valence-corrected chi connectivity index (χ3v) is 1.43. The number of nitrogens with two attached hydrogens (primary N) is 1. The minimum absolute atomic E-state index is 0. The van der Waals surface area contributed by atoms with Crippen LogP contribution in [0.1, 0.15) is 6.92 Å². The van der Waals surface area contributed by atoms with Gasteiger partial charge in [0.15, 0.2) is 0 Å². The molecule has 0 aliphatic rings. The number of rotatable bonds is 3. The summed E-state index contributed by atoms with van der Waals surface area (Å²) in [5.41, 5.74) is 11.5. The molecule has 0 saturated carbocycles. The van der Waals surface area contributed by atoms with Crippen LogP contribution in [0.4, 0.5) is 16.2 Å². The zero-order valence-electron chi connectivity index (χ0n) is 8.19. The largest absolute Gasteiger partial charge is 0.449 e. The second-order valence-electron chi connectivity index (χ2n) is 2.43. The normalized spacial score (nSPS) is 8.60. The van der Waals surface area contributed by atoms with Gasteiger partial charge in [-0.05, 0) is 13.0 Å². The summed E-state index contributed by atoms with van der Waals surface area (Å²) in [6.45, 7) is 2.04. The number of halogens is 1. The quantitative estimate of drug-likeness (QED) is 0.681. The Balaban J connectivity index is 0.00000196. The van der Waals surface area contributed by atoms with Crippen molar-refractivity contribution in [1.82, 2.24) is 10.4 Å². The van der Waals surface area contributed by atoms with Crippen LogP contribution in [0.3, 0.4) is 0 Å². The van der Waals surface area contributed by atoms with Crippen molar-refractivity contribution < 1.29 is 9.53 Å². The predicted octanol–water partition coefficient (Wildman–Crippen LogP) is 1.16. The average Bonchev–Trinajstić information content (AvgIpc) is 2.17. The highest BCUT2D eigenvalue weighted by molar-refractivity contribution is 5.85. The molecule has 0 unspecified atom stereocenters. The summed E-state index contributed by atoms with van der Waals surface area (Å²) in [5, 5.41) is 0. The van der Waals surface area contributed by atoms with E-state index in [0.717, 1.165) is 0 Å². The van der Waals surface area contributed by atoms with E-state index in [2.05, 4.69) is 20.6 Å². The summed E-state index contributed by atoms with van der Waals surface area (Å²) in [7, 11) is 0. The molecule has 0 aliphatic carbocycles. The molecule has 0 saturated heterocycles. The molecule has 4 N–H and O–H groups in total. The molecule has 15 heavy (non-hydrogen) atoms. The number of nitrogen functional groups attached to an aromatic ring is 1. The van der Waals surface area contributed by atoms with Gasteiger partial charge in [-0.25, -0.2) is 10.2 Å². The van der Waals surface area contributed by atoms with Crippen molar-refractivity contribution in [3.63, 3.8) is 0 Å². The highest BCUT2D eigenvalue weighted by Crippen LogP contribution is 2.13. The minimum Gasteiger partial charge on any atom is -0.449 e. The first-order valence-corrected chi connectivity index (χ1v) is 4.12. The summed E-state index contributed by atoms with van der Waals surface area (Å²) in [4.78, 5) is 14.7. The number of hydrazine groups is 1. The van der Waals surface area contributed by atoms with E-state index in [-0.39, 0.29) is 12.4 Å². The molecule has 1 heterocycles. The molecule has 0 atom stereocenters. The predicted molar refractivity (Wildman–Crippen MR) is 59.7 cm³/mol. The third kappa shape index (κ3) is 4.37. The zero-order valence-corrected chi connectivity index (χ0v) is 9.00. The van der Waals surface area contributed by atoms with Gasteiger partial charge in [-0.1, -0.05) is 0 Å². The van der Waals surface area contributed by atoms with Gasteiger partial charge in [0.2, 0.25) is 0 Å². The Hall–Kier alpha value is -1.69. The maximum atomic E-state index is 10.9. The van der Waals surface area contributed by atoms with Crippen molar-refractivity contribution in [2.75, 3.05) is 17.8 Å². The number of aromatic nitrogens is 1. The lowest BCUT2D eigenvalue weighted by molar-refractivity contribution is 0.154. The maximum Gasteiger partial charge on any atom is 0.425 e. The van der Waals surface area contributed by atoms with Crippen LogP contribution in [0.5, 0.6) is 0 Å². The van der Waals surface area contributed by atoms with Crippen LogP contribution in [0.25, 0.3) is 0 Å². The molecule has 0 fully saturated rings. The van der Waals surface area contributed by atoms with Gasteiger partial charge < -0.3 is 10.5 Å². The summed E-state index contributed by atoms with van der Waals surface area (Å²) < 4.78 is 4.63. The van der Waals surface area contributed by atoms with Crippen LogP contribution in [0.2, 0.25) is 0 Å². The number of anilines is 2. The van der Waals surface area contributed by atoms with E-state index in [1.807, 2.05) is 0 Å². The fourth-order valence-corrected chi connectivity index (χ4v) is 0.806. The number of hydrogen-bond donors (Lipinski definition) is 3. The van der Waals surface area contributed by atoms with Crippen molar-refractivity contribution >= 4 is 29.9 Å². The molecule has 0 spiro atoms. The van der Waals surface area contributed by atoms with E-state index < -0.39 is 6.09 Å². The lowest BCUT2D eigenvalue weighted by atomic mass is 10.4. The number of nitrogens with zero attached hydrogens (tertiary/aromatic N) is 1. The number of carbonyl (C=O) groups is 1. The lowest BCUT2D eigenvalue weighted by Gasteiger charge is -2.09. The molecular weight excluding hydrogens is 220 g/mol. The van der Waals surface area contributed by atoms with Crippen LogP contribution >= 0.6 is 12.4 Å². The average molecular weight is 233 g/mol. The molecule has 1 aromatic rings. The van der Waals surface area contributed by atoms with Gasteiger partial charge in [-0.15, -0.1) is 12.4 Å². The van der Waals surface area contributed by atoms with Crippen LogP contribution in [0.15, 0.2) is 18.5 Å². The number of amides is 1.